The molecule has 0 aliphatic carbocycles. The highest BCUT2D eigenvalue weighted by molar-refractivity contribution is 5.90. The van der Waals surface area contributed by atoms with Crippen molar-refractivity contribution in [2.45, 2.75) is 77.8 Å². The Morgan fingerprint density at radius 1 is 0.883 bits per heavy atom. The van der Waals surface area contributed by atoms with E-state index < -0.39 is 63.9 Å². The Bertz CT molecular complexity index is 1980. The zero-order valence-electron chi connectivity index (χ0n) is 33.9. The normalized spacial score (nSPS) is 18.6. The number of nitrogens with zero attached hydrogens (tertiary/aromatic N) is 4. The zero-order chi connectivity index (χ0) is 45.0. The third kappa shape index (κ3) is 11.1. The van der Waals surface area contributed by atoms with Gasteiger partial charge >= 0.3 is 30.4 Å². The van der Waals surface area contributed by atoms with Crippen molar-refractivity contribution in [3.8, 4) is 5.88 Å². The van der Waals surface area contributed by atoms with E-state index in [2.05, 4.69) is 4.98 Å². The van der Waals surface area contributed by atoms with Crippen molar-refractivity contribution in [3.63, 3.8) is 0 Å². The summed E-state index contributed by atoms with van der Waals surface area (Å²) in [7, 11) is 1.38. The zero-order valence-corrected chi connectivity index (χ0v) is 33.9. The van der Waals surface area contributed by atoms with Crippen LogP contribution in [-0.2, 0) is 37.8 Å². The molecule has 14 nitrogen and oxygen atoms in total. The average molecular weight is 858 g/mol. The van der Waals surface area contributed by atoms with Crippen LogP contribution in [0, 0.1) is 10.8 Å². The summed E-state index contributed by atoms with van der Waals surface area (Å²) in [5.41, 5.74) is 1.87. The number of benzene rings is 1. The van der Waals surface area contributed by atoms with Crippen LogP contribution in [0.25, 0.3) is 0 Å². The molecular formula is C40H49F6N5O9. The number of fused-ring (bicyclic) bond motifs is 1. The number of nitrogens with two attached hydrogens (primary N) is 1. The summed E-state index contributed by atoms with van der Waals surface area (Å²) in [4.78, 5) is 46.1. The lowest BCUT2D eigenvalue weighted by Gasteiger charge is -2.45. The molecule has 0 bridgehead atoms. The topological polar surface area (TPSA) is 198 Å². The summed E-state index contributed by atoms with van der Waals surface area (Å²) in [6.45, 7) is 9.70. The molecule has 60 heavy (non-hydrogen) atoms. The lowest BCUT2D eigenvalue weighted by molar-refractivity contribution is -0.155. The number of carboxylic acid groups (broad SMARTS) is 3. The Labute approximate surface area is 342 Å². The molecule has 2 atom stereocenters. The molecular weight excluding hydrogens is 808 g/mol. The number of carbonyl (C=O) groups is 3. The molecule has 1 saturated heterocycles. The molecule has 1 fully saturated rings. The van der Waals surface area contributed by atoms with Gasteiger partial charge in [-0.25, -0.2) is 9.78 Å². The van der Waals surface area contributed by atoms with Gasteiger partial charge in [-0.05, 0) is 88.4 Å². The summed E-state index contributed by atoms with van der Waals surface area (Å²) < 4.78 is 98.2. The minimum atomic E-state index is -5.02. The summed E-state index contributed by atoms with van der Waals surface area (Å²) in [6, 6.07) is 6.15. The van der Waals surface area contributed by atoms with E-state index in [1.54, 1.807) is 19.2 Å². The van der Waals surface area contributed by atoms with Gasteiger partial charge < -0.3 is 40.2 Å². The van der Waals surface area contributed by atoms with E-state index >= 15 is 0 Å². The van der Waals surface area contributed by atoms with Crippen molar-refractivity contribution in [1.29, 1.82) is 0 Å². The van der Waals surface area contributed by atoms with E-state index in [1.807, 2.05) is 4.90 Å². The van der Waals surface area contributed by atoms with E-state index in [-0.39, 0.29) is 61.4 Å². The average Bonchev–Trinajstić information content (AvgIpc) is 3.16. The highest BCUT2D eigenvalue weighted by atomic mass is 19.4. The lowest BCUT2D eigenvalue weighted by Crippen LogP contribution is -2.61. The summed E-state index contributed by atoms with van der Waals surface area (Å²) >= 11 is 0. The molecule has 0 saturated carbocycles. The fourth-order valence-corrected chi connectivity index (χ4v) is 6.60. The number of morpholine rings is 1. The third-order valence-corrected chi connectivity index (χ3v) is 10.3. The largest absolute Gasteiger partial charge is 0.481 e. The Morgan fingerprint density at radius 2 is 1.43 bits per heavy atom. The Kier molecular flexibility index (Phi) is 14.4. The Balaban J connectivity index is 0.000000451. The van der Waals surface area contributed by atoms with Crippen molar-refractivity contribution in [3.05, 3.63) is 76.2 Å². The quantitative estimate of drug-likeness (QED) is 0.133. The van der Waals surface area contributed by atoms with Gasteiger partial charge in [0.1, 0.15) is 5.66 Å². The van der Waals surface area contributed by atoms with Gasteiger partial charge in [0.25, 0.3) is 0 Å². The highest BCUT2D eigenvalue weighted by Crippen LogP contribution is 2.47. The molecule has 20 heteroatoms. The van der Waals surface area contributed by atoms with Crippen LogP contribution >= 0.6 is 0 Å². The first kappa shape index (κ1) is 47.5. The number of alkyl halides is 6. The number of ether oxygens (including phenoxy) is 3. The number of halogens is 6. The predicted molar refractivity (Wildman–Crippen MR) is 205 cm³/mol. The second-order valence-electron chi connectivity index (χ2n) is 15.9. The van der Waals surface area contributed by atoms with E-state index in [1.165, 1.54) is 46.9 Å². The molecule has 5 N–H and O–H groups in total. The van der Waals surface area contributed by atoms with Crippen LogP contribution in [-0.4, -0.2) is 95.6 Å². The second-order valence-corrected chi connectivity index (χ2v) is 15.9. The fourth-order valence-electron chi connectivity index (χ4n) is 6.60. The van der Waals surface area contributed by atoms with Gasteiger partial charge in [-0.2, -0.15) is 26.3 Å². The lowest BCUT2D eigenvalue weighted by atomic mass is 9.80. The SMILES string of the molecule is CC(C)(COCC(C)(C)C(=O)O)C(=O)O.CC[C@]1(N)C[C@@H](c2ncc(N3CCOCC3)cc2Cc2cc(C(F)(F)F)cc(C(F)(F)F)c2)c2nc(OC)ccc2N1C(=O)O. The van der Waals surface area contributed by atoms with Gasteiger partial charge in [0.05, 0.1) is 84.5 Å². The number of methoxy groups -OCH3 is 1. The van der Waals surface area contributed by atoms with Gasteiger partial charge in [0, 0.05) is 25.1 Å². The summed E-state index contributed by atoms with van der Waals surface area (Å²) in [6.07, 6.45) is -9.95. The monoisotopic (exact) mass is 857 g/mol. The number of anilines is 2. The van der Waals surface area contributed by atoms with E-state index in [4.69, 9.17) is 35.1 Å². The second kappa shape index (κ2) is 18.2. The van der Waals surface area contributed by atoms with Crippen molar-refractivity contribution in [2.75, 3.05) is 56.4 Å². The number of aromatic nitrogens is 2. The molecule has 1 amide bonds. The minimum absolute atomic E-state index is 0.000949. The van der Waals surface area contributed by atoms with Crippen LogP contribution in [0.15, 0.2) is 42.6 Å². The first-order valence-electron chi connectivity index (χ1n) is 18.8. The smallest absolute Gasteiger partial charge is 0.416 e. The van der Waals surface area contributed by atoms with Crippen LogP contribution in [0.2, 0.25) is 0 Å². The number of amides is 1. The molecule has 3 aromatic rings. The first-order chi connectivity index (χ1) is 27.7. The third-order valence-electron chi connectivity index (χ3n) is 10.3. The van der Waals surface area contributed by atoms with Crippen LogP contribution in [0.4, 0.5) is 42.5 Å². The number of carboxylic acids is 2. The van der Waals surface area contributed by atoms with Gasteiger partial charge in [0.2, 0.25) is 5.88 Å². The first-order valence-corrected chi connectivity index (χ1v) is 18.8. The number of hydrogen-bond donors (Lipinski definition) is 4. The highest BCUT2D eigenvalue weighted by Gasteiger charge is 2.47. The Hall–Kier alpha value is -5.21. The van der Waals surface area contributed by atoms with Crippen LogP contribution in [0.5, 0.6) is 5.88 Å². The Morgan fingerprint density at radius 3 is 1.90 bits per heavy atom. The molecule has 2 aromatic heterocycles. The van der Waals surface area contributed by atoms with Crippen LogP contribution < -0.4 is 20.3 Å². The summed E-state index contributed by atoms with van der Waals surface area (Å²) in [5, 5.41) is 27.7. The van der Waals surface area contributed by atoms with E-state index in [9.17, 15) is 45.8 Å². The number of aliphatic carboxylic acids is 2. The molecule has 330 valence electrons. The molecule has 2 aliphatic rings. The van der Waals surface area contributed by atoms with Crippen molar-refractivity contribution >= 4 is 29.4 Å². The van der Waals surface area contributed by atoms with Gasteiger partial charge in [-0.15, -0.1) is 0 Å². The molecule has 0 radical (unpaired) electrons. The van der Waals surface area contributed by atoms with Gasteiger partial charge in [-0.3, -0.25) is 19.5 Å². The minimum Gasteiger partial charge on any atom is -0.481 e. The molecule has 0 unspecified atom stereocenters. The molecule has 1 aromatic carbocycles. The van der Waals surface area contributed by atoms with Crippen molar-refractivity contribution in [1.82, 2.24) is 9.97 Å². The maximum Gasteiger partial charge on any atom is 0.416 e. The van der Waals surface area contributed by atoms with Crippen LogP contribution in [0.3, 0.4) is 0 Å². The number of pyridine rings is 2. The maximum absolute atomic E-state index is 13.7. The van der Waals surface area contributed by atoms with Gasteiger partial charge in [0.15, 0.2) is 0 Å². The predicted octanol–water partition coefficient (Wildman–Crippen LogP) is 7.26. The molecule has 2 aliphatic heterocycles. The molecule has 4 heterocycles. The van der Waals surface area contributed by atoms with Crippen LogP contribution in [0.1, 0.15) is 87.0 Å². The number of rotatable bonds is 12. The maximum atomic E-state index is 13.7. The fraction of sp³-hybridized carbons (Fsp3) is 0.525. The van der Waals surface area contributed by atoms with Crippen molar-refractivity contribution in [2.24, 2.45) is 16.6 Å². The van der Waals surface area contributed by atoms with Crippen molar-refractivity contribution < 1.29 is 70.3 Å². The standard InChI is InChI=1S/C30H31F6N5O4.C10H18O5/c1-3-28(37)15-22(26-23(41(28)27(42)43)4-5-24(39-26)44-2)25-18(13-21(16-38-25)40-6-8-45-9-7-40)10-17-11-19(29(31,32)33)14-20(12-17)30(34,35)36;1-9(2,7(11)12)5-15-6-10(3,4)8(13)14/h4-5,11-14,16,22H,3,6-10,15,37H2,1-2H3,(H,42,43);5-6H2,1-4H3,(H,11,12)(H,13,14)/t22-,28+;/m0./s1. The van der Waals surface area contributed by atoms with E-state index in [0.717, 1.165) is 4.90 Å². The molecule has 0 spiro atoms. The van der Waals surface area contributed by atoms with Gasteiger partial charge in [-0.1, -0.05) is 6.92 Å². The number of hydrogen-bond acceptors (Lipinski definition) is 10. The molecule has 5 rings (SSSR count). The van der Waals surface area contributed by atoms with E-state index in [0.29, 0.717) is 55.4 Å². The summed E-state index contributed by atoms with van der Waals surface area (Å²) in [5.74, 6) is -2.53.